The summed E-state index contributed by atoms with van der Waals surface area (Å²) < 4.78 is 5.39. The summed E-state index contributed by atoms with van der Waals surface area (Å²) in [5.74, 6) is 0. The van der Waals surface area contributed by atoms with Gasteiger partial charge in [-0.3, -0.25) is 0 Å². The minimum absolute atomic E-state index is 0.389. The molecule has 1 aromatic carbocycles. The predicted octanol–water partition coefficient (Wildman–Crippen LogP) is 2.24. The molecule has 0 unspecified atom stereocenters. The van der Waals surface area contributed by atoms with Gasteiger partial charge in [-0.2, -0.15) is 0 Å². The lowest BCUT2D eigenvalue weighted by atomic mass is 10.0. The first-order valence-electron chi connectivity index (χ1n) is 6.30. The van der Waals surface area contributed by atoms with Gasteiger partial charge >= 0.3 is 0 Å². The van der Waals surface area contributed by atoms with Crippen molar-refractivity contribution in [2.24, 2.45) is 5.73 Å². The first-order chi connectivity index (χ1) is 8.61. The highest BCUT2D eigenvalue weighted by atomic mass is 32.1. The Kier molecular flexibility index (Phi) is 4.19. The zero-order chi connectivity index (χ0) is 13.1. The summed E-state index contributed by atoms with van der Waals surface area (Å²) in [6.07, 6.45) is 2.50. The fourth-order valence-corrected chi connectivity index (χ4v) is 2.62. The van der Waals surface area contributed by atoms with Crippen molar-refractivity contribution in [2.75, 3.05) is 25.1 Å². The van der Waals surface area contributed by atoms with Crippen LogP contribution in [0, 0.1) is 6.92 Å². The molecular weight excluding hydrogens is 244 g/mol. The van der Waals surface area contributed by atoms with Crippen molar-refractivity contribution in [1.29, 1.82) is 0 Å². The van der Waals surface area contributed by atoms with Crippen LogP contribution in [0.4, 0.5) is 5.69 Å². The number of hydrogen-bond acceptors (Lipinski definition) is 3. The summed E-state index contributed by atoms with van der Waals surface area (Å²) in [5.41, 5.74) is 9.15. The molecule has 1 aliphatic rings. The molecule has 0 amide bonds. The third-order valence-electron chi connectivity index (χ3n) is 3.53. The number of anilines is 1. The van der Waals surface area contributed by atoms with E-state index >= 15 is 0 Å². The Morgan fingerprint density at radius 1 is 1.39 bits per heavy atom. The van der Waals surface area contributed by atoms with Crippen LogP contribution in [-0.2, 0) is 4.74 Å². The van der Waals surface area contributed by atoms with Crippen molar-refractivity contribution < 1.29 is 4.74 Å². The normalized spacial score (nSPS) is 16.9. The molecule has 98 valence electrons. The molecule has 1 saturated heterocycles. The van der Waals surface area contributed by atoms with Gasteiger partial charge in [0.15, 0.2) is 0 Å². The Hall–Kier alpha value is -1.13. The number of ether oxygens (including phenoxy) is 1. The van der Waals surface area contributed by atoms with Crippen molar-refractivity contribution in [2.45, 2.75) is 25.9 Å². The van der Waals surface area contributed by atoms with E-state index in [4.69, 9.17) is 22.7 Å². The van der Waals surface area contributed by atoms with Gasteiger partial charge in [-0.05, 0) is 31.9 Å². The molecule has 1 aliphatic heterocycles. The van der Waals surface area contributed by atoms with E-state index in [-0.39, 0.29) is 0 Å². The van der Waals surface area contributed by atoms with Gasteiger partial charge < -0.3 is 15.4 Å². The summed E-state index contributed by atoms with van der Waals surface area (Å²) in [6, 6.07) is 6.30. The molecule has 0 aromatic heterocycles. The molecule has 1 heterocycles. The molecule has 0 atom stereocenters. The maximum absolute atomic E-state index is 5.82. The fourth-order valence-electron chi connectivity index (χ4n) is 2.46. The van der Waals surface area contributed by atoms with E-state index in [1.807, 2.05) is 0 Å². The summed E-state index contributed by atoms with van der Waals surface area (Å²) >= 11 is 5.15. The van der Waals surface area contributed by atoms with Gasteiger partial charge in [-0.25, -0.2) is 0 Å². The molecular formula is C14H20N2OS. The number of piperidine rings is 1. The molecule has 1 aromatic rings. The number of hydrogen-bond donors (Lipinski definition) is 1. The number of benzene rings is 1. The number of rotatable bonds is 3. The standard InChI is InChI=1S/C14H20N2OS/c1-10-3-4-13(12(9-10)14(15)18)16-7-5-11(17-2)6-8-16/h3-4,9,11H,5-8H2,1-2H3,(H2,15,18). The minimum atomic E-state index is 0.389. The zero-order valence-electron chi connectivity index (χ0n) is 11.0. The lowest BCUT2D eigenvalue weighted by Crippen LogP contribution is -2.37. The van der Waals surface area contributed by atoms with E-state index in [0.29, 0.717) is 11.1 Å². The quantitative estimate of drug-likeness (QED) is 0.850. The summed E-state index contributed by atoms with van der Waals surface area (Å²) in [4.78, 5) is 2.83. The van der Waals surface area contributed by atoms with Gasteiger partial charge in [-0.15, -0.1) is 0 Å². The smallest absolute Gasteiger partial charge is 0.106 e. The average Bonchev–Trinajstić information content (AvgIpc) is 2.39. The van der Waals surface area contributed by atoms with Gasteiger partial charge in [0.05, 0.1) is 6.10 Å². The second-order valence-electron chi connectivity index (χ2n) is 4.81. The summed E-state index contributed by atoms with van der Waals surface area (Å²) in [6.45, 7) is 4.05. The Bertz CT molecular complexity index is 439. The van der Waals surface area contributed by atoms with Gasteiger partial charge in [0, 0.05) is 31.5 Å². The van der Waals surface area contributed by atoms with Crippen molar-refractivity contribution in [3.05, 3.63) is 29.3 Å². The van der Waals surface area contributed by atoms with E-state index in [2.05, 4.69) is 30.0 Å². The second kappa shape index (κ2) is 5.67. The van der Waals surface area contributed by atoms with Crippen LogP contribution in [0.15, 0.2) is 18.2 Å². The Balaban J connectivity index is 2.21. The lowest BCUT2D eigenvalue weighted by molar-refractivity contribution is 0.0819. The minimum Gasteiger partial charge on any atom is -0.389 e. The van der Waals surface area contributed by atoms with E-state index in [9.17, 15) is 0 Å². The average molecular weight is 264 g/mol. The number of aryl methyl sites for hydroxylation is 1. The first kappa shape index (κ1) is 13.3. The molecule has 4 heteroatoms. The Labute approximate surface area is 114 Å². The maximum atomic E-state index is 5.82. The van der Waals surface area contributed by atoms with Gasteiger partial charge in [-0.1, -0.05) is 23.8 Å². The van der Waals surface area contributed by atoms with E-state index in [1.54, 1.807) is 7.11 Å². The third kappa shape index (κ3) is 2.82. The topological polar surface area (TPSA) is 38.5 Å². The monoisotopic (exact) mass is 264 g/mol. The molecule has 2 N–H and O–H groups in total. The Morgan fingerprint density at radius 2 is 2.06 bits per heavy atom. The molecule has 0 bridgehead atoms. The molecule has 0 aliphatic carbocycles. The van der Waals surface area contributed by atoms with Gasteiger partial charge in [0.25, 0.3) is 0 Å². The molecule has 1 fully saturated rings. The maximum Gasteiger partial charge on any atom is 0.106 e. The van der Waals surface area contributed by atoms with Crippen molar-refractivity contribution in [1.82, 2.24) is 0 Å². The van der Waals surface area contributed by atoms with Crippen LogP contribution in [-0.4, -0.2) is 31.3 Å². The van der Waals surface area contributed by atoms with Crippen molar-refractivity contribution in [3.8, 4) is 0 Å². The van der Waals surface area contributed by atoms with Crippen LogP contribution < -0.4 is 10.6 Å². The highest BCUT2D eigenvalue weighted by Crippen LogP contribution is 2.26. The molecule has 0 saturated carbocycles. The molecule has 3 nitrogen and oxygen atoms in total. The predicted molar refractivity (Wildman–Crippen MR) is 79.3 cm³/mol. The molecule has 2 rings (SSSR count). The highest BCUT2D eigenvalue weighted by molar-refractivity contribution is 7.80. The summed E-state index contributed by atoms with van der Waals surface area (Å²) in [7, 11) is 1.78. The summed E-state index contributed by atoms with van der Waals surface area (Å²) in [5, 5.41) is 0. The number of methoxy groups -OCH3 is 1. The van der Waals surface area contributed by atoms with E-state index in [1.165, 1.54) is 5.56 Å². The van der Waals surface area contributed by atoms with E-state index in [0.717, 1.165) is 37.2 Å². The largest absolute Gasteiger partial charge is 0.389 e. The number of nitrogens with two attached hydrogens (primary N) is 1. The Morgan fingerprint density at radius 3 is 2.61 bits per heavy atom. The van der Waals surface area contributed by atoms with Crippen LogP contribution in [0.2, 0.25) is 0 Å². The third-order valence-corrected chi connectivity index (χ3v) is 3.75. The second-order valence-corrected chi connectivity index (χ2v) is 5.25. The SMILES string of the molecule is COC1CCN(c2ccc(C)cc2C(N)=S)CC1. The number of thiocarbonyl (C=S) groups is 1. The van der Waals surface area contributed by atoms with Crippen LogP contribution >= 0.6 is 12.2 Å². The van der Waals surface area contributed by atoms with Crippen LogP contribution in [0.5, 0.6) is 0 Å². The van der Waals surface area contributed by atoms with Gasteiger partial charge in [0.1, 0.15) is 4.99 Å². The van der Waals surface area contributed by atoms with E-state index < -0.39 is 0 Å². The molecule has 18 heavy (non-hydrogen) atoms. The molecule has 0 spiro atoms. The van der Waals surface area contributed by atoms with Crippen molar-refractivity contribution in [3.63, 3.8) is 0 Å². The van der Waals surface area contributed by atoms with Crippen molar-refractivity contribution >= 4 is 22.9 Å². The lowest BCUT2D eigenvalue weighted by Gasteiger charge is -2.34. The zero-order valence-corrected chi connectivity index (χ0v) is 11.8. The van der Waals surface area contributed by atoms with Crippen LogP contribution in [0.1, 0.15) is 24.0 Å². The van der Waals surface area contributed by atoms with Crippen LogP contribution in [0.3, 0.4) is 0 Å². The first-order valence-corrected chi connectivity index (χ1v) is 6.71. The van der Waals surface area contributed by atoms with Crippen LogP contribution in [0.25, 0.3) is 0 Å². The highest BCUT2D eigenvalue weighted by Gasteiger charge is 2.21. The fraction of sp³-hybridized carbons (Fsp3) is 0.500. The molecule has 0 radical (unpaired) electrons. The number of nitrogens with zero attached hydrogens (tertiary/aromatic N) is 1. The van der Waals surface area contributed by atoms with Gasteiger partial charge in [0.2, 0.25) is 0 Å².